The molecule has 164 valence electrons. The molecule has 0 spiro atoms. The minimum atomic E-state index is -0.895. The number of carbonyl (C=O) groups is 2. The summed E-state index contributed by atoms with van der Waals surface area (Å²) in [5.41, 5.74) is 8.58. The zero-order valence-electron chi connectivity index (χ0n) is 17.5. The largest absolute Gasteiger partial charge is 0.466 e. The van der Waals surface area contributed by atoms with Crippen molar-refractivity contribution >= 4 is 56.1 Å². The van der Waals surface area contributed by atoms with Gasteiger partial charge >= 0.3 is 11.9 Å². The maximum Gasteiger partial charge on any atom is 0.355 e. The first kappa shape index (κ1) is 23.8. The van der Waals surface area contributed by atoms with Crippen LogP contribution in [0, 0.1) is 21.8 Å². The number of esters is 2. The fourth-order valence-corrected chi connectivity index (χ4v) is 5.00. The Hall–Kier alpha value is -2.84. The fraction of sp³-hybridized carbons (Fsp3) is 0.174. The molecule has 0 fully saturated rings. The first-order chi connectivity index (χ1) is 15.3. The van der Waals surface area contributed by atoms with Gasteiger partial charge in [-0.05, 0) is 52.8 Å². The molecule has 2 aromatic carbocycles. The maximum absolute atomic E-state index is 13.1. The van der Waals surface area contributed by atoms with Gasteiger partial charge in [0.15, 0.2) is 0 Å². The van der Waals surface area contributed by atoms with Crippen LogP contribution >= 0.6 is 38.5 Å². The van der Waals surface area contributed by atoms with Crippen LogP contribution in [0.3, 0.4) is 0 Å². The van der Waals surface area contributed by atoms with E-state index in [2.05, 4.69) is 44.6 Å². The van der Waals surface area contributed by atoms with E-state index in [0.717, 1.165) is 13.6 Å². The molecule has 1 aliphatic rings. The molecule has 0 saturated carbocycles. The first-order valence-corrected chi connectivity index (χ1v) is 11.3. The van der Waals surface area contributed by atoms with Crippen molar-refractivity contribution in [1.29, 1.82) is 5.26 Å². The second kappa shape index (κ2) is 9.75. The number of methoxy groups -OCH3 is 2. The number of rotatable bonds is 4. The Kier molecular flexibility index (Phi) is 7.26. The lowest BCUT2D eigenvalue weighted by Gasteiger charge is -2.36. The topological polar surface area (TPSA) is 106 Å². The van der Waals surface area contributed by atoms with E-state index in [0.29, 0.717) is 11.3 Å². The Morgan fingerprint density at radius 2 is 1.75 bits per heavy atom. The molecule has 9 heteroatoms. The number of nitriles is 1. The lowest BCUT2D eigenvalue weighted by atomic mass is 9.81. The molecule has 1 heterocycles. The van der Waals surface area contributed by atoms with E-state index in [1.807, 2.05) is 19.1 Å². The van der Waals surface area contributed by atoms with Crippen LogP contribution in [-0.2, 0) is 19.1 Å². The standard InChI is InChI=1S/C23H19BrIN3O4/c1-12-15(24)9-10-16(19(12)25)28-20(23(30)32-3)18(22(29)31-2)17(14(11-26)21(28)27)13-7-5-4-6-8-13/h4-10,17H,27H2,1-3H3. The van der Waals surface area contributed by atoms with Gasteiger partial charge in [0, 0.05) is 8.04 Å². The van der Waals surface area contributed by atoms with E-state index in [9.17, 15) is 14.9 Å². The van der Waals surface area contributed by atoms with Crippen LogP contribution in [0.5, 0.6) is 0 Å². The van der Waals surface area contributed by atoms with Gasteiger partial charge in [0.2, 0.25) is 0 Å². The molecule has 2 aromatic rings. The van der Waals surface area contributed by atoms with Crippen molar-refractivity contribution in [2.75, 3.05) is 19.1 Å². The van der Waals surface area contributed by atoms with Crippen LogP contribution in [0.1, 0.15) is 17.0 Å². The van der Waals surface area contributed by atoms with E-state index in [-0.39, 0.29) is 22.7 Å². The number of carbonyl (C=O) groups excluding carboxylic acids is 2. The second-order valence-electron chi connectivity index (χ2n) is 6.84. The molecule has 1 aliphatic heterocycles. The Labute approximate surface area is 207 Å². The van der Waals surface area contributed by atoms with Gasteiger partial charge in [-0.15, -0.1) is 0 Å². The van der Waals surface area contributed by atoms with Gasteiger partial charge in [-0.25, -0.2) is 9.59 Å². The van der Waals surface area contributed by atoms with Crippen LogP contribution in [0.2, 0.25) is 0 Å². The highest BCUT2D eigenvalue weighted by molar-refractivity contribution is 14.1. The zero-order chi connectivity index (χ0) is 23.6. The summed E-state index contributed by atoms with van der Waals surface area (Å²) >= 11 is 5.63. The summed E-state index contributed by atoms with van der Waals surface area (Å²) in [5, 5.41) is 10.1. The number of nitrogens with two attached hydrogens (primary N) is 1. The third-order valence-corrected chi connectivity index (χ3v) is 7.37. The van der Waals surface area contributed by atoms with Crippen molar-refractivity contribution in [3.8, 4) is 6.07 Å². The van der Waals surface area contributed by atoms with E-state index >= 15 is 0 Å². The Morgan fingerprint density at radius 3 is 2.31 bits per heavy atom. The third-order valence-electron chi connectivity index (χ3n) is 5.15. The molecule has 1 atom stereocenters. The van der Waals surface area contributed by atoms with E-state index in [4.69, 9.17) is 15.2 Å². The molecule has 0 aromatic heterocycles. The summed E-state index contributed by atoms with van der Waals surface area (Å²) in [4.78, 5) is 27.5. The molecule has 0 aliphatic carbocycles. The summed E-state index contributed by atoms with van der Waals surface area (Å²) in [5.74, 6) is -2.39. The number of allylic oxidation sites excluding steroid dienone is 1. The van der Waals surface area contributed by atoms with Gasteiger partial charge in [0.25, 0.3) is 0 Å². The number of benzene rings is 2. The minimum Gasteiger partial charge on any atom is -0.466 e. The summed E-state index contributed by atoms with van der Waals surface area (Å²) in [6.07, 6.45) is 0. The van der Waals surface area contributed by atoms with Crippen molar-refractivity contribution in [1.82, 2.24) is 0 Å². The van der Waals surface area contributed by atoms with Gasteiger partial charge in [-0.2, -0.15) is 5.26 Å². The zero-order valence-corrected chi connectivity index (χ0v) is 21.2. The Balaban J connectivity index is 2.46. The number of ether oxygens (including phenoxy) is 2. The molecule has 7 nitrogen and oxygen atoms in total. The number of hydrogen-bond acceptors (Lipinski definition) is 7. The molecule has 1 unspecified atom stereocenters. The van der Waals surface area contributed by atoms with Crippen LogP contribution in [-0.4, -0.2) is 26.2 Å². The first-order valence-electron chi connectivity index (χ1n) is 9.38. The van der Waals surface area contributed by atoms with Crippen molar-refractivity contribution < 1.29 is 19.1 Å². The molecule has 0 radical (unpaired) electrons. The quantitative estimate of drug-likeness (QED) is 0.409. The normalized spacial score (nSPS) is 16.0. The smallest absolute Gasteiger partial charge is 0.355 e. The van der Waals surface area contributed by atoms with Gasteiger partial charge in [0.1, 0.15) is 11.5 Å². The predicted molar refractivity (Wildman–Crippen MR) is 131 cm³/mol. The molecule has 0 amide bonds. The lowest BCUT2D eigenvalue weighted by Crippen LogP contribution is -2.41. The van der Waals surface area contributed by atoms with Crippen LogP contribution in [0.15, 0.2) is 69.6 Å². The highest BCUT2D eigenvalue weighted by atomic mass is 127. The van der Waals surface area contributed by atoms with Gasteiger partial charge in [0.05, 0.1) is 43.0 Å². The molecule has 0 saturated heterocycles. The van der Waals surface area contributed by atoms with Crippen molar-refractivity contribution in [3.05, 3.63) is 84.3 Å². The van der Waals surface area contributed by atoms with E-state index < -0.39 is 17.9 Å². The van der Waals surface area contributed by atoms with Crippen LogP contribution in [0.25, 0.3) is 0 Å². The highest BCUT2D eigenvalue weighted by Gasteiger charge is 2.43. The monoisotopic (exact) mass is 607 g/mol. The summed E-state index contributed by atoms with van der Waals surface area (Å²) in [6, 6.07) is 14.6. The average molecular weight is 608 g/mol. The molecule has 32 heavy (non-hydrogen) atoms. The molecule has 3 rings (SSSR count). The van der Waals surface area contributed by atoms with Gasteiger partial charge in [-0.1, -0.05) is 46.3 Å². The number of nitrogens with zero attached hydrogens (tertiary/aromatic N) is 2. The SMILES string of the molecule is COC(=O)C1=C(C(=O)OC)N(c2ccc(Br)c(C)c2I)C(N)=C(C#N)C1c1ccccc1. The van der Waals surface area contributed by atoms with E-state index in [1.165, 1.54) is 19.1 Å². The average Bonchev–Trinajstić information content (AvgIpc) is 2.81. The third kappa shape index (κ3) is 4.00. The Bertz CT molecular complexity index is 1200. The molecular formula is C23H19BrIN3O4. The number of anilines is 1. The maximum atomic E-state index is 13.1. The molecular weight excluding hydrogens is 589 g/mol. The number of halogens is 2. The molecule has 0 bridgehead atoms. The highest BCUT2D eigenvalue weighted by Crippen LogP contribution is 2.44. The predicted octanol–water partition coefficient (Wildman–Crippen LogP) is 4.26. The van der Waals surface area contributed by atoms with Crippen molar-refractivity contribution in [2.24, 2.45) is 5.73 Å². The summed E-state index contributed by atoms with van der Waals surface area (Å²) in [6.45, 7) is 1.90. The summed E-state index contributed by atoms with van der Waals surface area (Å²) in [7, 11) is 2.44. The van der Waals surface area contributed by atoms with E-state index in [1.54, 1.807) is 30.3 Å². The lowest BCUT2D eigenvalue weighted by molar-refractivity contribution is -0.139. The van der Waals surface area contributed by atoms with Crippen molar-refractivity contribution in [3.63, 3.8) is 0 Å². The second-order valence-corrected chi connectivity index (χ2v) is 8.77. The Morgan fingerprint density at radius 1 is 1.12 bits per heavy atom. The van der Waals surface area contributed by atoms with Gasteiger partial charge in [-0.3, -0.25) is 4.90 Å². The van der Waals surface area contributed by atoms with Crippen LogP contribution < -0.4 is 10.6 Å². The minimum absolute atomic E-state index is 0.0207. The summed E-state index contributed by atoms with van der Waals surface area (Å²) < 4.78 is 11.7. The molecule has 2 N–H and O–H groups in total. The van der Waals surface area contributed by atoms with Crippen molar-refractivity contribution in [2.45, 2.75) is 12.8 Å². The van der Waals surface area contributed by atoms with Crippen LogP contribution in [0.4, 0.5) is 5.69 Å². The van der Waals surface area contributed by atoms with Gasteiger partial charge < -0.3 is 15.2 Å². The number of hydrogen-bond donors (Lipinski definition) is 1. The fourth-order valence-electron chi connectivity index (χ4n) is 3.58.